The second-order valence-corrected chi connectivity index (χ2v) is 6.83. The quantitative estimate of drug-likeness (QED) is 0.383. The van der Waals surface area contributed by atoms with Crippen LogP contribution in [0.2, 0.25) is 0 Å². The third-order valence-electron chi connectivity index (χ3n) is 4.96. The molecule has 1 aromatic carbocycles. The number of benzene rings is 1. The zero-order valence-electron chi connectivity index (χ0n) is 15.9. The van der Waals surface area contributed by atoms with Crippen LogP contribution in [0, 0.1) is 0 Å². The second kappa shape index (κ2) is 8.24. The summed E-state index contributed by atoms with van der Waals surface area (Å²) >= 11 is 0. The van der Waals surface area contributed by atoms with Gasteiger partial charge in [-0.15, -0.1) is 10.2 Å². The molecule has 0 amide bonds. The number of nitrogens with one attached hydrogen (secondary N) is 2. The topological polar surface area (TPSA) is 72.1 Å². The number of rotatable bonds is 7. The van der Waals surface area contributed by atoms with Crippen molar-refractivity contribution in [3.63, 3.8) is 0 Å². The molecule has 2 aromatic heterocycles. The van der Waals surface area contributed by atoms with Gasteiger partial charge in [-0.1, -0.05) is 18.2 Å². The number of fused-ring (bicyclic) bond motifs is 2. The summed E-state index contributed by atoms with van der Waals surface area (Å²) in [5.74, 6) is 2.89. The summed E-state index contributed by atoms with van der Waals surface area (Å²) in [7, 11) is 0. The highest BCUT2D eigenvalue weighted by atomic mass is 15.3. The van der Waals surface area contributed by atoms with Gasteiger partial charge in [-0.05, 0) is 37.3 Å². The molecule has 0 aliphatic carbocycles. The van der Waals surface area contributed by atoms with E-state index in [1.165, 1.54) is 10.9 Å². The molecule has 0 radical (unpaired) electrons. The average Bonchev–Trinajstić information content (AvgIpc) is 3.39. The van der Waals surface area contributed by atoms with Crippen molar-refractivity contribution in [1.29, 1.82) is 0 Å². The number of hydrogen-bond acceptors (Lipinski definition) is 3. The predicted octanol–water partition coefficient (Wildman–Crippen LogP) is 2.32. The Bertz CT molecular complexity index is 921. The molecule has 3 aromatic rings. The lowest BCUT2D eigenvalue weighted by Crippen LogP contribution is -2.38. The van der Waals surface area contributed by atoms with Crippen LogP contribution < -0.4 is 10.6 Å². The predicted molar refractivity (Wildman–Crippen MR) is 108 cm³/mol. The van der Waals surface area contributed by atoms with Crippen molar-refractivity contribution >= 4 is 16.9 Å². The van der Waals surface area contributed by atoms with Crippen molar-refractivity contribution in [3.05, 3.63) is 48.2 Å². The minimum Gasteiger partial charge on any atom is -0.357 e. The third-order valence-corrected chi connectivity index (χ3v) is 4.96. The van der Waals surface area contributed by atoms with Gasteiger partial charge in [-0.25, -0.2) is 4.99 Å². The molecule has 7 nitrogen and oxygen atoms in total. The summed E-state index contributed by atoms with van der Waals surface area (Å²) in [4.78, 5) is 4.68. The molecule has 27 heavy (non-hydrogen) atoms. The van der Waals surface area contributed by atoms with Gasteiger partial charge in [0.1, 0.15) is 12.4 Å². The van der Waals surface area contributed by atoms with Crippen LogP contribution >= 0.6 is 0 Å². The average molecular weight is 365 g/mol. The van der Waals surface area contributed by atoms with Crippen molar-refractivity contribution in [2.75, 3.05) is 13.1 Å². The van der Waals surface area contributed by atoms with Crippen molar-refractivity contribution < 1.29 is 0 Å². The van der Waals surface area contributed by atoms with Crippen molar-refractivity contribution in [2.45, 2.75) is 45.8 Å². The minimum atomic E-state index is 0.560. The first kappa shape index (κ1) is 17.6. The zero-order chi connectivity index (χ0) is 18.5. The molecule has 0 unspecified atom stereocenters. The Morgan fingerprint density at radius 3 is 3.04 bits per heavy atom. The van der Waals surface area contributed by atoms with Crippen LogP contribution in [0.4, 0.5) is 0 Å². The number of nitrogens with zero attached hydrogens (tertiary/aromatic N) is 5. The van der Waals surface area contributed by atoms with Gasteiger partial charge in [0.05, 0.1) is 0 Å². The van der Waals surface area contributed by atoms with Crippen LogP contribution in [0.1, 0.15) is 31.4 Å². The summed E-state index contributed by atoms with van der Waals surface area (Å²) in [5.41, 5.74) is 1.29. The molecule has 0 spiro atoms. The molecule has 3 heterocycles. The van der Waals surface area contributed by atoms with Gasteiger partial charge < -0.3 is 19.8 Å². The maximum absolute atomic E-state index is 4.68. The first-order chi connectivity index (χ1) is 13.3. The van der Waals surface area contributed by atoms with Crippen LogP contribution in [-0.2, 0) is 26.1 Å². The molecular weight excluding hydrogens is 338 g/mol. The molecule has 0 fully saturated rings. The Morgan fingerprint density at radius 2 is 2.11 bits per heavy atom. The van der Waals surface area contributed by atoms with Gasteiger partial charge in [-0.2, -0.15) is 0 Å². The minimum absolute atomic E-state index is 0.560. The van der Waals surface area contributed by atoms with Gasteiger partial charge in [0.2, 0.25) is 0 Å². The van der Waals surface area contributed by atoms with E-state index in [1.807, 2.05) is 0 Å². The van der Waals surface area contributed by atoms with E-state index >= 15 is 0 Å². The molecule has 2 N–H and O–H groups in total. The lowest BCUT2D eigenvalue weighted by Gasteiger charge is -2.12. The van der Waals surface area contributed by atoms with E-state index in [-0.39, 0.29) is 0 Å². The summed E-state index contributed by atoms with van der Waals surface area (Å²) in [6.07, 6.45) is 5.39. The zero-order valence-corrected chi connectivity index (χ0v) is 15.9. The fourth-order valence-electron chi connectivity index (χ4n) is 3.61. The first-order valence-electron chi connectivity index (χ1n) is 9.82. The summed E-state index contributed by atoms with van der Waals surface area (Å²) in [6, 6.07) is 10.7. The largest absolute Gasteiger partial charge is 0.357 e. The Labute approximate surface area is 159 Å². The smallest absolute Gasteiger partial charge is 0.191 e. The van der Waals surface area contributed by atoms with Crippen molar-refractivity contribution in [2.24, 2.45) is 4.99 Å². The normalized spacial score (nSPS) is 13.9. The number of guanidine groups is 1. The van der Waals surface area contributed by atoms with Crippen LogP contribution in [0.5, 0.6) is 0 Å². The number of para-hydroxylation sites is 1. The highest BCUT2D eigenvalue weighted by Gasteiger charge is 2.16. The van der Waals surface area contributed by atoms with E-state index in [0.29, 0.717) is 6.54 Å². The van der Waals surface area contributed by atoms with Gasteiger partial charge in [0.15, 0.2) is 11.8 Å². The summed E-state index contributed by atoms with van der Waals surface area (Å²) in [6.45, 7) is 6.35. The lowest BCUT2D eigenvalue weighted by atomic mass is 10.2. The fraction of sp³-hybridized carbons (Fsp3) is 0.450. The monoisotopic (exact) mass is 365 g/mol. The van der Waals surface area contributed by atoms with E-state index in [2.05, 4.69) is 78.4 Å². The summed E-state index contributed by atoms with van der Waals surface area (Å²) in [5, 5.41) is 16.6. The van der Waals surface area contributed by atoms with Gasteiger partial charge in [0.25, 0.3) is 0 Å². The molecule has 4 rings (SSSR count). The molecule has 0 saturated heterocycles. The number of hydrogen-bond donors (Lipinski definition) is 2. The molecule has 0 atom stereocenters. The van der Waals surface area contributed by atoms with Crippen LogP contribution in [0.25, 0.3) is 10.9 Å². The lowest BCUT2D eigenvalue weighted by molar-refractivity contribution is 0.639. The maximum Gasteiger partial charge on any atom is 0.191 e. The van der Waals surface area contributed by atoms with E-state index in [9.17, 15) is 0 Å². The van der Waals surface area contributed by atoms with E-state index in [4.69, 9.17) is 0 Å². The molecule has 7 heteroatoms. The van der Waals surface area contributed by atoms with Crippen LogP contribution in [0.3, 0.4) is 0 Å². The van der Waals surface area contributed by atoms with Crippen molar-refractivity contribution in [3.8, 4) is 0 Å². The number of aliphatic imine (C=N–C) groups is 1. The third kappa shape index (κ3) is 3.97. The highest BCUT2D eigenvalue weighted by molar-refractivity contribution is 5.80. The molecule has 1 aliphatic rings. The van der Waals surface area contributed by atoms with Gasteiger partial charge >= 0.3 is 0 Å². The van der Waals surface area contributed by atoms with E-state index < -0.39 is 0 Å². The Morgan fingerprint density at radius 1 is 1.19 bits per heavy atom. The Kier molecular flexibility index (Phi) is 5.37. The van der Waals surface area contributed by atoms with Gasteiger partial charge in [-0.3, -0.25) is 0 Å². The fourth-order valence-corrected chi connectivity index (χ4v) is 3.61. The highest BCUT2D eigenvalue weighted by Crippen LogP contribution is 2.15. The maximum atomic E-state index is 4.68. The number of aryl methyl sites for hydroxylation is 2. The van der Waals surface area contributed by atoms with Crippen molar-refractivity contribution in [1.82, 2.24) is 30.0 Å². The standard InChI is InChI=1S/C20H27N7/c1-2-21-20(23-15-19-25-24-18-9-5-13-27(18)19)22-11-6-12-26-14-10-16-7-3-4-8-17(16)26/h3-4,7-8,10,14H,2,5-6,9,11-13,15H2,1H3,(H2,21,22,23). The van der Waals surface area contributed by atoms with Gasteiger partial charge in [0, 0.05) is 44.3 Å². The molecular formula is C20H27N7. The Hall–Kier alpha value is -2.83. The Balaban J connectivity index is 1.30. The molecule has 1 aliphatic heterocycles. The second-order valence-electron chi connectivity index (χ2n) is 6.83. The van der Waals surface area contributed by atoms with Crippen LogP contribution in [-0.4, -0.2) is 38.4 Å². The molecule has 0 bridgehead atoms. The number of aromatic nitrogens is 4. The first-order valence-corrected chi connectivity index (χ1v) is 9.82. The van der Waals surface area contributed by atoms with E-state index in [1.54, 1.807) is 0 Å². The molecule has 0 saturated carbocycles. The van der Waals surface area contributed by atoms with Crippen LogP contribution in [0.15, 0.2) is 41.5 Å². The summed E-state index contributed by atoms with van der Waals surface area (Å²) < 4.78 is 4.50. The molecule has 142 valence electrons. The SMILES string of the molecule is CCNC(=NCc1nnc2n1CCC2)NCCCn1ccc2ccccc21. The van der Waals surface area contributed by atoms with E-state index in [0.717, 1.165) is 63.0 Å².